The Labute approximate surface area is 171 Å². The summed E-state index contributed by atoms with van der Waals surface area (Å²) in [4.78, 5) is 23.6. The van der Waals surface area contributed by atoms with E-state index in [2.05, 4.69) is 18.3 Å². The van der Waals surface area contributed by atoms with Crippen LogP contribution in [0.15, 0.2) is 54.6 Å². The number of amides is 1. The average Bonchev–Trinajstić information content (AvgIpc) is 2.71. The molecule has 0 atom stereocenters. The number of carbonyl (C=O) groups excluding carboxylic acids is 2. The fraction of sp³-hybridized carbons (Fsp3) is 0.520. The molecule has 0 aliphatic rings. The molecule has 0 radical (unpaired) electrons. The highest BCUT2D eigenvalue weighted by Gasteiger charge is 2.01. The van der Waals surface area contributed by atoms with Crippen molar-refractivity contribution in [1.29, 1.82) is 0 Å². The second-order valence-electron chi connectivity index (χ2n) is 7.28. The topological polar surface area (TPSA) is 46.2 Å². The van der Waals surface area contributed by atoms with E-state index >= 15 is 0 Å². The fourth-order valence-electron chi connectivity index (χ4n) is 2.93. The maximum atomic E-state index is 11.8. The second kappa shape index (κ2) is 17.0. The first-order chi connectivity index (χ1) is 13.7. The summed E-state index contributed by atoms with van der Waals surface area (Å²) in [5, 5.41) is 2.96. The van der Waals surface area contributed by atoms with Crippen LogP contribution < -0.4 is 5.32 Å². The molecule has 0 aliphatic carbocycles. The number of hydrogen-bond donors (Lipinski definition) is 1. The number of benzene rings is 1. The van der Waals surface area contributed by atoms with Gasteiger partial charge in [0.15, 0.2) is 5.78 Å². The molecule has 3 nitrogen and oxygen atoms in total. The van der Waals surface area contributed by atoms with Gasteiger partial charge in [0.1, 0.15) is 0 Å². The summed E-state index contributed by atoms with van der Waals surface area (Å²) in [6.45, 7) is 2.80. The molecular weight excluding hydrogens is 346 g/mol. The Kier molecular flexibility index (Phi) is 14.5. The number of hydrogen-bond acceptors (Lipinski definition) is 2. The molecule has 0 aromatic heterocycles. The Hall–Kier alpha value is -2.16. The quantitative estimate of drug-likeness (QED) is 0.207. The van der Waals surface area contributed by atoms with Gasteiger partial charge in [0.05, 0.1) is 0 Å². The molecule has 1 aromatic carbocycles. The van der Waals surface area contributed by atoms with Gasteiger partial charge in [-0.15, -0.1) is 0 Å². The SMILES string of the molecule is CCCCCC=CC=CC(=O)CCCCCCCC(=O)NCc1ccccc1. The van der Waals surface area contributed by atoms with Crippen molar-refractivity contribution in [2.24, 2.45) is 0 Å². The van der Waals surface area contributed by atoms with E-state index in [1.165, 1.54) is 19.3 Å². The minimum Gasteiger partial charge on any atom is -0.352 e. The van der Waals surface area contributed by atoms with Crippen LogP contribution in [-0.4, -0.2) is 11.7 Å². The molecule has 0 spiro atoms. The highest BCUT2D eigenvalue weighted by Crippen LogP contribution is 2.08. The number of allylic oxidation sites excluding steroid dienone is 4. The summed E-state index contributed by atoms with van der Waals surface area (Å²) >= 11 is 0. The van der Waals surface area contributed by atoms with Crippen molar-refractivity contribution in [3.63, 3.8) is 0 Å². The fourth-order valence-corrected chi connectivity index (χ4v) is 2.93. The Morgan fingerprint density at radius 2 is 1.57 bits per heavy atom. The monoisotopic (exact) mass is 383 g/mol. The maximum absolute atomic E-state index is 11.8. The van der Waals surface area contributed by atoms with Crippen LogP contribution in [0.4, 0.5) is 0 Å². The predicted molar refractivity (Wildman–Crippen MR) is 118 cm³/mol. The van der Waals surface area contributed by atoms with Gasteiger partial charge < -0.3 is 5.32 Å². The van der Waals surface area contributed by atoms with Crippen molar-refractivity contribution in [2.75, 3.05) is 0 Å². The lowest BCUT2D eigenvalue weighted by Crippen LogP contribution is -2.22. The number of nitrogens with one attached hydrogen (secondary N) is 1. The van der Waals surface area contributed by atoms with Crippen LogP contribution in [-0.2, 0) is 16.1 Å². The third kappa shape index (κ3) is 14.0. The van der Waals surface area contributed by atoms with Gasteiger partial charge in [-0.05, 0) is 37.3 Å². The molecular formula is C25H37NO2. The summed E-state index contributed by atoms with van der Waals surface area (Å²) in [7, 11) is 0. The first-order valence-electron chi connectivity index (χ1n) is 10.9. The van der Waals surface area contributed by atoms with E-state index < -0.39 is 0 Å². The van der Waals surface area contributed by atoms with Crippen LogP contribution in [0.3, 0.4) is 0 Å². The lowest BCUT2D eigenvalue weighted by atomic mass is 10.1. The molecule has 0 heterocycles. The maximum Gasteiger partial charge on any atom is 0.220 e. The highest BCUT2D eigenvalue weighted by atomic mass is 16.1. The third-order valence-electron chi connectivity index (χ3n) is 4.66. The van der Waals surface area contributed by atoms with Gasteiger partial charge in [-0.25, -0.2) is 0 Å². The largest absolute Gasteiger partial charge is 0.352 e. The summed E-state index contributed by atoms with van der Waals surface area (Å²) in [5.41, 5.74) is 1.13. The molecule has 1 amide bonds. The van der Waals surface area contributed by atoms with E-state index in [0.29, 0.717) is 19.4 Å². The highest BCUT2D eigenvalue weighted by molar-refractivity contribution is 5.89. The van der Waals surface area contributed by atoms with E-state index in [-0.39, 0.29) is 11.7 Å². The lowest BCUT2D eigenvalue weighted by molar-refractivity contribution is -0.121. The van der Waals surface area contributed by atoms with Gasteiger partial charge in [-0.2, -0.15) is 0 Å². The van der Waals surface area contributed by atoms with Gasteiger partial charge in [0, 0.05) is 19.4 Å². The molecule has 0 saturated heterocycles. The van der Waals surface area contributed by atoms with Gasteiger partial charge in [0.25, 0.3) is 0 Å². The van der Waals surface area contributed by atoms with E-state index in [9.17, 15) is 9.59 Å². The minimum absolute atomic E-state index is 0.118. The number of ketones is 1. The summed E-state index contributed by atoms with van der Waals surface area (Å²) < 4.78 is 0. The normalized spacial score (nSPS) is 11.3. The van der Waals surface area contributed by atoms with Gasteiger partial charge >= 0.3 is 0 Å². The first kappa shape index (κ1) is 23.9. The van der Waals surface area contributed by atoms with Crippen LogP contribution in [0.1, 0.15) is 83.1 Å². The van der Waals surface area contributed by atoms with Crippen LogP contribution >= 0.6 is 0 Å². The second-order valence-corrected chi connectivity index (χ2v) is 7.28. The van der Waals surface area contributed by atoms with E-state index in [4.69, 9.17) is 0 Å². The van der Waals surface area contributed by atoms with Crippen molar-refractivity contribution in [3.8, 4) is 0 Å². The van der Waals surface area contributed by atoms with E-state index in [1.54, 1.807) is 6.08 Å². The molecule has 1 N–H and O–H groups in total. The van der Waals surface area contributed by atoms with Crippen LogP contribution in [0.5, 0.6) is 0 Å². The zero-order valence-corrected chi connectivity index (χ0v) is 17.5. The number of unbranched alkanes of at least 4 members (excludes halogenated alkanes) is 7. The molecule has 0 bridgehead atoms. The Balaban J connectivity index is 1.93. The van der Waals surface area contributed by atoms with E-state index in [1.807, 2.05) is 42.5 Å². The Morgan fingerprint density at radius 1 is 0.857 bits per heavy atom. The zero-order valence-electron chi connectivity index (χ0n) is 17.5. The molecule has 28 heavy (non-hydrogen) atoms. The summed E-state index contributed by atoms with van der Waals surface area (Å²) in [5.74, 6) is 0.324. The van der Waals surface area contributed by atoms with Crippen molar-refractivity contribution < 1.29 is 9.59 Å². The van der Waals surface area contributed by atoms with Gasteiger partial charge in [-0.1, -0.05) is 87.6 Å². The minimum atomic E-state index is 0.118. The molecule has 3 heteroatoms. The molecule has 0 unspecified atom stereocenters. The van der Waals surface area contributed by atoms with Crippen molar-refractivity contribution >= 4 is 11.7 Å². The van der Waals surface area contributed by atoms with Crippen LogP contribution in [0.25, 0.3) is 0 Å². The lowest BCUT2D eigenvalue weighted by Gasteiger charge is -2.05. The zero-order chi connectivity index (χ0) is 20.3. The first-order valence-corrected chi connectivity index (χ1v) is 10.9. The number of rotatable bonds is 16. The summed E-state index contributed by atoms with van der Waals surface area (Å²) in [6, 6.07) is 9.96. The molecule has 1 rings (SSSR count). The van der Waals surface area contributed by atoms with E-state index in [0.717, 1.165) is 44.1 Å². The smallest absolute Gasteiger partial charge is 0.220 e. The van der Waals surface area contributed by atoms with Crippen molar-refractivity contribution in [1.82, 2.24) is 5.32 Å². The molecule has 0 fully saturated rings. The summed E-state index contributed by atoms with van der Waals surface area (Å²) in [6.07, 6.45) is 18.7. The molecule has 0 aliphatic heterocycles. The average molecular weight is 384 g/mol. The van der Waals surface area contributed by atoms with Crippen molar-refractivity contribution in [2.45, 2.75) is 84.1 Å². The van der Waals surface area contributed by atoms with Gasteiger partial charge in [0.2, 0.25) is 5.91 Å². The molecule has 0 saturated carbocycles. The number of carbonyl (C=O) groups is 2. The third-order valence-corrected chi connectivity index (χ3v) is 4.66. The van der Waals surface area contributed by atoms with Crippen molar-refractivity contribution in [3.05, 3.63) is 60.2 Å². The predicted octanol–water partition coefficient (Wildman–Crippen LogP) is 6.30. The van der Waals surface area contributed by atoms with Gasteiger partial charge in [-0.3, -0.25) is 9.59 Å². The van der Waals surface area contributed by atoms with Crippen LogP contribution in [0.2, 0.25) is 0 Å². The Bertz CT molecular complexity index is 590. The molecule has 154 valence electrons. The molecule has 1 aromatic rings. The van der Waals surface area contributed by atoms with Crippen LogP contribution in [0, 0.1) is 0 Å². The Morgan fingerprint density at radius 3 is 2.32 bits per heavy atom. The standard InChI is InChI=1S/C25H37NO2/c1-2-3-4-5-6-8-14-19-24(27)20-15-9-7-10-16-21-25(28)26-22-23-17-12-11-13-18-23/h6,8,11-14,17-19H,2-5,7,9-10,15-16,20-22H2,1H3,(H,26,28).